The Kier molecular flexibility index (Phi) is 6.56. The number of amides is 1. The van der Waals surface area contributed by atoms with E-state index in [9.17, 15) is 4.79 Å². The number of nitrogens with one attached hydrogen (secondary N) is 1. The van der Waals surface area contributed by atoms with E-state index in [2.05, 4.69) is 34.5 Å². The number of benzene rings is 1. The average Bonchev–Trinajstić information content (AvgIpc) is 2.99. The highest BCUT2D eigenvalue weighted by Crippen LogP contribution is 2.45. The molecule has 1 atom stereocenters. The lowest BCUT2D eigenvalue weighted by Gasteiger charge is -2.37. The third kappa shape index (κ3) is 4.46. The van der Waals surface area contributed by atoms with Gasteiger partial charge in [-0.15, -0.1) is 0 Å². The molecule has 3 heterocycles. The van der Waals surface area contributed by atoms with Crippen molar-refractivity contribution >= 4 is 29.5 Å². The van der Waals surface area contributed by atoms with Crippen molar-refractivity contribution in [2.24, 2.45) is 5.92 Å². The molecule has 2 aromatic rings. The number of hydrogen-bond acceptors (Lipinski definition) is 5. The Bertz CT molecular complexity index is 1040. The number of likely N-dealkylation sites (tertiary alicyclic amines) is 1. The highest BCUT2D eigenvalue weighted by atomic mass is 35.5. The molecule has 1 amide bonds. The lowest BCUT2D eigenvalue weighted by Crippen LogP contribution is -2.42. The maximum absolute atomic E-state index is 12.2. The van der Waals surface area contributed by atoms with Crippen LogP contribution in [0.15, 0.2) is 36.5 Å². The van der Waals surface area contributed by atoms with Gasteiger partial charge in [0.05, 0.1) is 12.3 Å². The Hall–Kier alpha value is -2.57. The van der Waals surface area contributed by atoms with Crippen LogP contribution in [0, 0.1) is 5.92 Å². The van der Waals surface area contributed by atoms with E-state index in [-0.39, 0.29) is 12.0 Å². The number of fused-ring (bicyclic) bond motifs is 2. The number of aromatic nitrogens is 1. The van der Waals surface area contributed by atoms with Crippen LogP contribution in [0.3, 0.4) is 0 Å². The number of carbonyl (C=O) groups is 1. The van der Waals surface area contributed by atoms with Crippen molar-refractivity contribution < 1.29 is 9.53 Å². The minimum atomic E-state index is -0.204. The number of pyridine rings is 1. The third-order valence-electron chi connectivity index (χ3n) is 7.08. The Balaban J connectivity index is 1.54. The largest absolute Gasteiger partial charge is 0.450 e. The molecule has 1 N–H and O–H groups in total. The number of nitrogens with zero attached hydrogens (tertiary/aromatic N) is 3. The first kappa shape index (κ1) is 22.2. The first-order valence-corrected chi connectivity index (χ1v) is 12.4. The summed E-state index contributed by atoms with van der Waals surface area (Å²) in [4.78, 5) is 21.5. The van der Waals surface area contributed by atoms with Gasteiger partial charge in [-0.2, -0.15) is 0 Å². The average molecular weight is 467 g/mol. The quantitative estimate of drug-likeness (QED) is 0.724. The van der Waals surface area contributed by atoms with E-state index < -0.39 is 0 Å². The van der Waals surface area contributed by atoms with Crippen LogP contribution in [0.5, 0.6) is 0 Å². The minimum absolute atomic E-state index is 0.162. The lowest BCUT2D eigenvalue weighted by molar-refractivity contribution is 0.0900. The number of carbonyl (C=O) groups excluding carboxylic acids is 1. The highest BCUT2D eigenvalue weighted by molar-refractivity contribution is 6.30. The molecule has 7 heteroatoms. The van der Waals surface area contributed by atoms with Crippen molar-refractivity contribution in [2.75, 3.05) is 45.9 Å². The number of halogens is 1. The first-order valence-electron chi connectivity index (χ1n) is 12.0. The van der Waals surface area contributed by atoms with Gasteiger partial charge in [-0.25, -0.2) is 4.79 Å². The number of piperidine rings is 1. The Labute approximate surface area is 200 Å². The highest BCUT2D eigenvalue weighted by Gasteiger charge is 2.36. The summed E-state index contributed by atoms with van der Waals surface area (Å²) in [5.41, 5.74) is 6.03. The molecule has 1 unspecified atom stereocenters. The Morgan fingerprint density at radius 2 is 1.97 bits per heavy atom. The third-order valence-corrected chi connectivity index (χ3v) is 7.31. The summed E-state index contributed by atoms with van der Waals surface area (Å²) in [6.45, 7) is 7.57. The van der Waals surface area contributed by atoms with E-state index in [1.54, 1.807) is 0 Å². The molecule has 0 spiro atoms. The summed E-state index contributed by atoms with van der Waals surface area (Å²) in [6.07, 6.45) is 5.84. The van der Waals surface area contributed by atoms with Crippen LogP contribution >= 0.6 is 11.6 Å². The van der Waals surface area contributed by atoms with Crippen LogP contribution in [0.25, 0.3) is 11.8 Å². The summed E-state index contributed by atoms with van der Waals surface area (Å²) in [5, 5.41) is 4.21. The van der Waals surface area contributed by atoms with Crippen molar-refractivity contribution in [1.82, 2.24) is 20.1 Å². The second-order valence-corrected chi connectivity index (χ2v) is 9.41. The smallest absolute Gasteiger partial charge is 0.409 e. The molecule has 3 aliphatic rings. The van der Waals surface area contributed by atoms with Crippen LogP contribution < -0.4 is 5.32 Å². The van der Waals surface area contributed by atoms with Gasteiger partial charge < -0.3 is 19.9 Å². The molecule has 0 bridgehead atoms. The molecular formula is C26H31ClN4O2. The van der Waals surface area contributed by atoms with Gasteiger partial charge in [0.15, 0.2) is 0 Å². The second-order valence-electron chi connectivity index (χ2n) is 8.98. The summed E-state index contributed by atoms with van der Waals surface area (Å²) >= 11 is 6.53. The topological polar surface area (TPSA) is 57.7 Å². The molecule has 6 nitrogen and oxygen atoms in total. The zero-order chi connectivity index (χ0) is 22.8. The maximum Gasteiger partial charge on any atom is 0.409 e. The van der Waals surface area contributed by atoms with Gasteiger partial charge in [0, 0.05) is 67.7 Å². The molecule has 174 valence electrons. The van der Waals surface area contributed by atoms with E-state index in [0.717, 1.165) is 49.7 Å². The van der Waals surface area contributed by atoms with Gasteiger partial charge in [-0.3, -0.25) is 4.98 Å². The van der Waals surface area contributed by atoms with Crippen LogP contribution in [0.1, 0.15) is 48.1 Å². The standard InChI is InChI=1S/C26H31ClN4O2/c1-2-33-26(32)31-12-7-18(8-13-31)24-21-6-5-20(27)17-22(21)23(30-14-10-28-11-15-30)16-19-4-3-9-29-25(19)24/h3-6,9,16-18,24,28H,2,7-8,10-15H2,1H3. The van der Waals surface area contributed by atoms with Crippen LogP contribution in [-0.4, -0.2) is 66.8 Å². The molecule has 1 aromatic heterocycles. The fraction of sp³-hybridized carbons (Fsp3) is 0.462. The summed E-state index contributed by atoms with van der Waals surface area (Å²) in [6, 6.07) is 10.5. The number of rotatable bonds is 3. The van der Waals surface area contributed by atoms with Crippen molar-refractivity contribution in [3.8, 4) is 0 Å². The molecule has 33 heavy (non-hydrogen) atoms. The van der Waals surface area contributed by atoms with E-state index >= 15 is 0 Å². The van der Waals surface area contributed by atoms with Gasteiger partial charge in [0.25, 0.3) is 0 Å². The Morgan fingerprint density at radius 1 is 1.18 bits per heavy atom. The lowest BCUT2D eigenvalue weighted by atomic mass is 9.76. The van der Waals surface area contributed by atoms with Crippen molar-refractivity contribution in [3.05, 3.63) is 63.9 Å². The van der Waals surface area contributed by atoms with Gasteiger partial charge in [0.2, 0.25) is 0 Å². The number of hydrogen-bond donors (Lipinski definition) is 1. The van der Waals surface area contributed by atoms with Crippen molar-refractivity contribution in [2.45, 2.75) is 25.7 Å². The van der Waals surface area contributed by atoms with Gasteiger partial charge in [-0.05, 0) is 61.1 Å². The van der Waals surface area contributed by atoms with E-state index in [1.165, 1.54) is 22.4 Å². The summed E-state index contributed by atoms with van der Waals surface area (Å²) in [5.74, 6) is 0.550. The molecule has 0 saturated carbocycles. The van der Waals surface area contributed by atoms with E-state index in [0.29, 0.717) is 25.6 Å². The molecule has 1 aromatic carbocycles. The fourth-order valence-electron chi connectivity index (χ4n) is 5.48. The van der Waals surface area contributed by atoms with Crippen molar-refractivity contribution in [3.63, 3.8) is 0 Å². The molecule has 5 rings (SSSR count). The molecule has 2 saturated heterocycles. The molecule has 2 aliphatic heterocycles. The van der Waals surface area contributed by atoms with Crippen LogP contribution in [0.2, 0.25) is 5.02 Å². The normalized spacial score (nSPS) is 21.0. The SMILES string of the molecule is CCOC(=O)N1CCC(C2c3ccc(Cl)cc3C(N3CCNCC3)=Cc3cccnc32)CC1. The zero-order valence-electron chi connectivity index (χ0n) is 19.1. The van der Waals surface area contributed by atoms with Gasteiger partial charge in [-0.1, -0.05) is 23.7 Å². The molecule has 1 aliphatic carbocycles. The predicted molar refractivity (Wildman–Crippen MR) is 131 cm³/mol. The van der Waals surface area contributed by atoms with E-state index in [1.807, 2.05) is 30.2 Å². The minimum Gasteiger partial charge on any atom is -0.450 e. The number of ether oxygens (including phenoxy) is 1. The predicted octanol–water partition coefficient (Wildman–Crippen LogP) is 4.45. The maximum atomic E-state index is 12.2. The zero-order valence-corrected chi connectivity index (χ0v) is 19.9. The molecule has 2 fully saturated rings. The van der Waals surface area contributed by atoms with Crippen molar-refractivity contribution in [1.29, 1.82) is 0 Å². The summed E-state index contributed by atoms with van der Waals surface area (Å²) < 4.78 is 5.23. The molecule has 0 radical (unpaired) electrons. The van der Waals surface area contributed by atoms with Crippen LogP contribution in [-0.2, 0) is 4.74 Å². The Morgan fingerprint density at radius 3 is 2.73 bits per heavy atom. The summed E-state index contributed by atoms with van der Waals surface area (Å²) in [7, 11) is 0. The van der Waals surface area contributed by atoms with Gasteiger partial charge in [0.1, 0.15) is 0 Å². The van der Waals surface area contributed by atoms with Gasteiger partial charge >= 0.3 is 6.09 Å². The van der Waals surface area contributed by atoms with Crippen LogP contribution in [0.4, 0.5) is 4.79 Å². The first-order chi connectivity index (χ1) is 16.2. The molecular weight excluding hydrogens is 436 g/mol. The monoisotopic (exact) mass is 466 g/mol. The number of piperazine rings is 1. The fourth-order valence-corrected chi connectivity index (χ4v) is 5.65. The van der Waals surface area contributed by atoms with E-state index in [4.69, 9.17) is 21.3 Å². The second kappa shape index (κ2) is 9.74.